The molecule has 0 unspecified atom stereocenters. The predicted octanol–water partition coefficient (Wildman–Crippen LogP) is 5.76. The molecule has 1 amide bonds. The molecule has 4 heteroatoms. The second-order valence-corrected chi connectivity index (χ2v) is 7.34. The number of hydrogen-bond donors (Lipinski definition) is 1. The van der Waals surface area contributed by atoms with Crippen LogP contribution < -0.4 is 5.32 Å². The zero-order valence-electron chi connectivity index (χ0n) is 16.9. The molecule has 0 saturated carbocycles. The number of carbonyl (C=O) groups is 1. The van der Waals surface area contributed by atoms with Crippen molar-refractivity contribution < 1.29 is 9.21 Å². The highest BCUT2D eigenvalue weighted by Crippen LogP contribution is 2.28. The fourth-order valence-electron chi connectivity index (χ4n) is 3.40. The zero-order chi connectivity index (χ0) is 20.8. The summed E-state index contributed by atoms with van der Waals surface area (Å²) in [6.45, 7) is 2.03. The van der Waals surface area contributed by atoms with Gasteiger partial charge in [-0.05, 0) is 37.5 Å². The van der Waals surface area contributed by atoms with Crippen molar-refractivity contribution in [2.24, 2.45) is 0 Å². The molecule has 1 aromatic heterocycles. The van der Waals surface area contributed by atoms with Gasteiger partial charge in [0, 0.05) is 17.2 Å². The third-order valence-corrected chi connectivity index (χ3v) is 5.05. The molecule has 150 valence electrons. The number of carbonyl (C=O) groups excluding carboxylic acids is 1. The molecule has 0 aliphatic carbocycles. The number of nitrogens with zero attached hydrogens (tertiary/aromatic N) is 1. The van der Waals surface area contributed by atoms with Gasteiger partial charge in [0.25, 0.3) is 5.91 Å². The zero-order valence-corrected chi connectivity index (χ0v) is 16.9. The van der Waals surface area contributed by atoms with E-state index < -0.39 is 0 Å². The summed E-state index contributed by atoms with van der Waals surface area (Å²) in [5.74, 6) is 0.999. The number of benzene rings is 3. The summed E-state index contributed by atoms with van der Waals surface area (Å²) in [7, 11) is 0. The van der Waals surface area contributed by atoms with E-state index in [1.807, 2.05) is 73.7 Å². The summed E-state index contributed by atoms with van der Waals surface area (Å²) in [5.41, 5.74) is 3.47. The van der Waals surface area contributed by atoms with Crippen LogP contribution in [0.1, 0.15) is 29.3 Å². The summed E-state index contributed by atoms with van der Waals surface area (Å²) in [6, 6.07) is 27.6. The molecule has 4 nitrogen and oxygen atoms in total. The molecule has 0 saturated heterocycles. The second-order valence-electron chi connectivity index (χ2n) is 7.34. The molecular weight excluding hydrogens is 372 g/mol. The van der Waals surface area contributed by atoms with E-state index in [0.29, 0.717) is 22.8 Å². The maximum absolute atomic E-state index is 13.0. The van der Waals surface area contributed by atoms with Crippen LogP contribution in [0.25, 0.3) is 22.8 Å². The number of aromatic nitrogens is 1. The fourth-order valence-corrected chi connectivity index (χ4v) is 3.40. The van der Waals surface area contributed by atoms with Gasteiger partial charge in [-0.25, -0.2) is 4.98 Å². The van der Waals surface area contributed by atoms with E-state index in [0.717, 1.165) is 18.4 Å². The minimum Gasteiger partial charge on any atom is -0.436 e. The van der Waals surface area contributed by atoms with Crippen LogP contribution in [0.15, 0.2) is 95.5 Å². The van der Waals surface area contributed by atoms with Gasteiger partial charge in [0.15, 0.2) is 5.76 Å². The molecule has 0 aliphatic rings. The van der Waals surface area contributed by atoms with Crippen molar-refractivity contribution >= 4 is 5.91 Å². The molecule has 30 heavy (non-hydrogen) atoms. The van der Waals surface area contributed by atoms with E-state index in [1.165, 1.54) is 5.56 Å². The molecule has 0 bridgehead atoms. The van der Waals surface area contributed by atoms with E-state index in [2.05, 4.69) is 22.4 Å². The van der Waals surface area contributed by atoms with E-state index in [-0.39, 0.29) is 11.9 Å². The second kappa shape index (κ2) is 9.23. The molecule has 1 atom stereocenters. The highest BCUT2D eigenvalue weighted by molar-refractivity contribution is 6.00. The monoisotopic (exact) mass is 396 g/mol. The highest BCUT2D eigenvalue weighted by atomic mass is 16.4. The number of nitrogens with one attached hydrogen (secondary N) is 1. The van der Waals surface area contributed by atoms with Gasteiger partial charge in [-0.1, -0.05) is 72.8 Å². The van der Waals surface area contributed by atoms with Crippen molar-refractivity contribution in [3.05, 3.63) is 102 Å². The Bertz CT molecular complexity index is 1100. The Labute approximate surface area is 176 Å². The normalized spacial score (nSPS) is 11.8. The van der Waals surface area contributed by atoms with Gasteiger partial charge in [0.1, 0.15) is 0 Å². The van der Waals surface area contributed by atoms with Gasteiger partial charge < -0.3 is 9.73 Å². The minimum absolute atomic E-state index is 0.0511. The van der Waals surface area contributed by atoms with Crippen LogP contribution in [0, 0.1) is 0 Å². The molecule has 0 spiro atoms. The standard InChI is InChI=1S/C26H24N2O2/c1-19(16-17-20-10-4-2-5-11-20)28-25(29)22-14-8-9-15-23(22)26-27-18-24(30-26)21-12-6-3-7-13-21/h2-15,18-19H,16-17H2,1H3,(H,28,29)/t19-/m1/s1. The average molecular weight is 396 g/mol. The van der Waals surface area contributed by atoms with Crippen LogP contribution in [0.2, 0.25) is 0 Å². The molecule has 3 aromatic carbocycles. The van der Waals surface area contributed by atoms with Crippen molar-refractivity contribution in [3.8, 4) is 22.8 Å². The molecular formula is C26H24N2O2. The summed E-state index contributed by atoms with van der Waals surface area (Å²) in [6.07, 6.45) is 3.49. The lowest BCUT2D eigenvalue weighted by Crippen LogP contribution is -2.33. The molecule has 0 fully saturated rings. The van der Waals surface area contributed by atoms with Gasteiger partial charge in [-0.2, -0.15) is 0 Å². The molecule has 1 heterocycles. The number of amides is 1. The molecule has 0 radical (unpaired) electrons. The first-order valence-electron chi connectivity index (χ1n) is 10.2. The van der Waals surface area contributed by atoms with Crippen LogP contribution in [0.4, 0.5) is 0 Å². The van der Waals surface area contributed by atoms with Crippen molar-refractivity contribution in [2.75, 3.05) is 0 Å². The predicted molar refractivity (Wildman–Crippen MR) is 119 cm³/mol. The Hall–Kier alpha value is -3.66. The topological polar surface area (TPSA) is 55.1 Å². The molecule has 1 N–H and O–H groups in total. The Balaban J connectivity index is 1.48. The summed E-state index contributed by atoms with van der Waals surface area (Å²) < 4.78 is 5.97. The highest BCUT2D eigenvalue weighted by Gasteiger charge is 2.18. The molecule has 4 rings (SSSR count). The quantitative estimate of drug-likeness (QED) is 0.432. The lowest BCUT2D eigenvalue weighted by atomic mass is 10.0. The molecule has 4 aromatic rings. The average Bonchev–Trinajstić information content (AvgIpc) is 3.29. The first-order valence-corrected chi connectivity index (χ1v) is 10.2. The Kier molecular flexibility index (Phi) is 6.04. The van der Waals surface area contributed by atoms with Crippen molar-refractivity contribution in [1.29, 1.82) is 0 Å². The van der Waals surface area contributed by atoms with Gasteiger partial charge in [-0.3, -0.25) is 4.79 Å². The van der Waals surface area contributed by atoms with Crippen LogP contribution in [-0.2, 0) is 6.42 Å². The summed E-state index contributed by atoms with van der Waals surface area (Å²) in [5, 5.41) is 3.11. The van der Waals surface area contributed by atoms with Gasteiger partial charge >= 0.3 is 0 Å². The first kappa shape index (κ1) is 19.6. The smallest absolute Gasteiger partial charge is 0.252 e. The lowest BCUT2D eigenvalue weighted by molar-refractivity contribution is 0.0939. The SMILES string of the molecule is C[C@H](CCc1ccccc1)NC(=O)c1ccccc1-c1ncc(-c2ccccc2)o1. The van der Waals surface area contributed by atoms with Gasteiger partial charge in [0.05, 0.1) is 11.8 Å². The van der Waals surface area contributed by atoms with E-state index in [9.17, 15) is 4.79 Å². The number of rotatable bonds is 7. The van der Waals surface area contributed by atoms with Crippen molar-refractivity contribution in [1.82, 2.24) is 10.3 Å². The van der Waals surface area contributed by atoms with Crippen molar-refractivity contribution in [2.45, 2.75) is 25.8 Å². The van der Waals surface area contributed by atoms with E-state index in [1.54, 1.807) is 12.3 Å². The maximum Gasteiger partial charge on any atom is 0.252 e. The minimum atomic E-state index is -0.120. The van der Waals surface area contributed by atoms with Crippen LogP contribution in [0.3, 0.4) is 0 Å². The summed E-state index contributed by atoms with van der Waals surface area (Å²) in [4.78, 5) is 17.4. The first-order chi connectivity index (χ1) is 14.7. The largest absolute Gasteiger partial charge is 0.436 e. The van der Waals surface area contributed by atoms with Crippen LogP contribution in [-0.4, -0.2) is 16.9 Å². The lowest BCUT2D eigenvalue weighted by Gasteiger charge is -2.15. The third-order valence-electron chi connectivity index (χ3n) is 5.05. The maximum atomic E-state index is 13.0. The number of oxazole rings is 1. The Morgan fingerprint density at radius 2 is 1.60 bits per heavy atom. The van der Waals surface area contributed by atoms with Crippen LogP contribution >= 0.6 is 0 Å². The Morgan fingerprint density at radius 1 is 0.933 bits per heavy atom. The molecule has 0 aliphatic heterocycles. The Morgan fingerprint density at radius 3 is 2.37 bits per heavy atom. The third kappa shape index (κ3) is 4.66. The fraction of sp³-hybridized carbons (Fsp3) is 0.154. The van der Waals surface area contributed by atoms with Crippen molar-refractivity contribution in [3.63, 3.8) is 0 Å². The van der Waals surface area contributed by atoms with E-state index >= 15 is 0 Å². The van der Waals surface area contributed by atoms with Crippen LogP contribution in [0.5, 0.6) is 0 Å². The van der Waals surface area contributed by atoms with E-state index in [4.69, 9.17) is 4.42 Å². The van der Waals surface area contributed by atoms with Gasteiger partial charge in [0.2, 0.25) is 5.89 Å². The van der Waals surface area contributed by atoms with Gasteiger partial charge in [-0.15, -0.1) is 0 Å². The number of hydrogen-bond acceptors (Lipinski definition) is 3. The summed E-state index contributed by atoms with van der Waals surface area (Å²) >= 11 is 0. The number of aryl methyl sites for hydroxylation is 1.